The Bertz CT molecular complexity index is 523. The molecule has 0 aliphatic heterocycles. The molecule has 5 nitrogen and oxygen atoms in total. The minimum absolute atomic E-state index is 0.0662. The number of ether oxygens (including phenoxy) is 2. The quantitative estimate of drug-likeness (QED) is 0.595. The van der Waals surface area contributed by atoms with Crippen molar-refractivity contribution < 1.29 is 19.1 Å². The highest BCUT2D eigenvalue weighted by Gasteiger charge is 2.18. The molecule has 0 heterocycles. The van der Waals surface area contributed by atoms with Crippen LogP contribution in [0.15, 0.2) is 30.3 Å². The van der Waals surface area contributed by atoms with Crippen LogP contribution in [0.2, 0.25) is 0 Å². The number of carbonyl (C=O) groups is 2. The summed E-state index contributed by atoms with van der Waals surface area (Å²) in [4.78, 5) is 25.0. The molecular formula is C16H21NO4. The van der Waals surface area contributed by atoms with Crippen LogP contribution in [0, 0.1) is 0 Å². The first-order valence-corrected chi connectivity index (χ1v) is 6.68. The second-order valence-electron chi connectivity index (χ2n) is 4.71. The van der Waals surface area contributed by atoms with E-state index >= 15 is 0 Å². The molecule has 5 heteroatoms. The summed E-state index contributed by atoms with van der Waals surface area (Å²) in [5.74, 6) is -0.00494. The molecular weight excluding hydrogens is 270 g/mol. The molecule has 0 spiro atoms. The smallest absolute Gasteiger partial charge is 0.325 e. The largest absolute Gasteiger partial charge is 0.496 e. The number of esters is 1. The number of para-hydroxylation sites is 1. The minimum Gasteiger partial charge on any atom is -0.496 e. The zero-order chi connectivity index (χ0) is 15.8. The second-order valence-corrected chi connectivity index (χ2v) is 4.71. The first kappa shape index (κ1) is 16.8. The van der Waals surface area contributed by atoms with Crippen LogP contribution < -0.4 is 4.74 Å². The van der Waals surface area contributed by atoms with Crippen molar-refractivity contribution in [1.29, 1.82) is 0 Å². The lowest BCUT2D eigenvalue weighted by atomic mass is 10.2. The highest BCUT2D eigenvalue weighted by atomic mass is 16.5. The molecule has 21 heavy (non-hydrogen) atoms. The summed E-state index contributed by atoms with van der Waals surface area (Å²) in [6, 6.07) is 7.29. The van der Waals surface area contributed by atoms with E-state index in [4.69, 9.17) is 4.74 Å². The molecule has 1 amide bonds. The van der Waals surface area contributed by atoms with E-state index in [-0.39, 0.29) is 18.5 Å². The van der Waals surface area contributed by atoms with Gasteiger partial charge in [-0.15, -0.1) is 0 Å². The van der Waals surface area contributed by atoms with Gasteiger partial charge < -0.3 is 14.4 Å². The average molecular weight is 291 g/mol. The van der Waals surface area contributed by atoms with Gasteiger partial charge in [-0.1, -0.05) is 18.2 Å². The van der Waals surface area contributed by atoms with Gasteiger partial charge in [0.2, 0.25) is 5.91 Å². The maximum absolute atomic E-state index is 12.2. The van der Waals surface area contributed by atoms with Crippen molar-refractivity contribution in [2.24, 2.45) is 0 Å². The topological polar surface area (TPSA) is 55.8 Å². The lowest BCUT2D eigenvalue weighted by molar-refractivity contribution is -0.146. The van der Waals surface area contributed by atoms with Gasteiger partial charge in [-0.2, -0.15) is 0 Å². The summed E-state index contributed by atoms with van der Waals surface area (Å²) < 4.78 is 9.82. The Morgan fingerprint density at radius 2 is 1.90 bits per heavy atom. The van der Waals surface area contributed by atoms with E-state index < -0.39 is 5.97 Å². The zero-order valence-corrected chi connectivity index (χ0v) is 12.8. The van der Waals surface area contributed by atoms with Crippen LogP contribution in [0.3, 0.4) is 0 Å². The van der Waals surface area contributed by atoms with Gasteiger partial charge in [0, 0.05) is 17.7 Å². The number of hydrogen-bond donors (Lipinski definition) is 0. The van der Waals surface area contributed by atoms with Gasteiger partial charge in [-0.05, 0) is 26.0 Å². The van der Waals surface area contributed by atoms with E-state index in [9.17, 15) is 9.59 Å². The molecule has 0 aliphatic carbocycles. The van der Waals surface area contributed by atoms with E-state index in [1.54, 1.807) is 13.2 Å². The maximum atomic E-state index is 12.2. The van der Waals surface area contributed by atoms with Crippen molar-refractivity contribution in [3.63, 3.8) is 0 Å². The van der Waals surface area contributed by atoms with Crippen molar-refractivity contribution in [3.05, 3.63) is 35.9 Å². The van der Waals surface area contributed by atoms with Crippen molar-refractivity contribution in [2.75, 3.05) is 20.8 Å². The SMILES string of the molecule is COC(=O)CN(C(=O)C=Cc1ccccc1OC)C(C)C. The fraction of sp³-hybridized carbons (Fsp3) is 0.375. The number of hydrogen-bond acceptors (Lipinski definition) is 4. The second kappa shape index (κ2) is 8.09. The van der Waals surface area contributed by atoms with Crippen LogP contribution in [-0.2, 0) is 14.3 Å². The van der Waals surface area contributed by atoms with Gasteiger partial charge in [0.1, 0.15) is 12.3 Å². The molecule has 0 unspecified atom stereocenters. The molecule has 0 atom stereocenters. The standard InChI is InChI=1S/C16H21NO4/c1-12(2)17(11-16(19)21-4)15(18)10-9-13-7-5-6-8-14(13)20-3/h5-10,12H,11H2,1-4H3. The third-order valence-electron chi connectivity index (χ3n) is 2.98. The van der Waals surface area contributed by atoms with Crippen molar-refractivity contribution in [1.82, 2.24) is 4.90 Å². The third kappa shape index (κ3) is 4.95. The summed E-state index contributed by atoms with van der Waals surface area (Å²) in [7, 11) is 2.88. The number of methoxy groups -OCH3 is 2. The molecule has 0 aliphatic rings. The molecule has 0 fully saturated rings. The van der Waals surface area contributed by atoms with Gasteiger partial charge in [-0.25, -0.2) is 0 Å². The number of carbonyl (C=O) groups excluding carboxylic acids is 2. The minimum atomic E-state index is -0.442. The van der Waals surface area contributed by atoms with Gasteiger partial charge >= 0.3 is 5.97 Å². The molecule has 0 bridgehead atoms. The highest BCUT2D eigenvalue weighted by Crippen LogP contribution is 2.18. The van der Waals surface area contributed by atoms with Crippen molar-refractivity contribution >= 4 is 18.0 Å². The fourth-order valence-corrected chi connectivity index (χ4v) is 1.78. The summed E-state index contributed by atoms with van der Waals surface area (Å²) in [5, 5.41) is 0. The van der Waals surface area contributed by atoms with Crippen molar-refractivity contribution in [2.45, 2.75) is 19.9 Å². The Hall–Kier alpha value is -2.30. The lowest BCUT2D eigenvalue weighted by Gasteiger charge is -2.24. The molecule has 0 saturated heterocycles. The fourth-order valence-electron chi connectivity index (χ4n) is 1.78. The molecule has 0 N–H and O–H groups in total. The average Bonchev–Trinajstić information content (AvgIpc) is 2.49. The monoisotopic (exact) mass is 291 g/mol. The Kier molecular flexibility index (Phi) is 6.46. The summed E-state index contributed by atoms with van der Waals surface area (Å²) in [6.45, 7) is 3.62. The maximum Gasteiger partial charge on any atom is 0.325 e. The highest BCUT2D eigenvalue weighted by molar-refractivity contribution is 5.94. The summed E-state index contributed by atoms with van der Waals surface area (Å²) in [5.41, 5.74) is 0.801. The Balaban J connectivity index is 2.85. The molecule has 1 aromatic carbocycles. The van der Waals surface area contributed by atoms with E-state index in [2.05, 4.69) is 4.74 Å². The van der Waals surface area contributed by atoms with Crippen LogP contribution >= 0.6 is 0 Å². The van der Waals surface area contributed by atoms with E-state index in [1.807, 2.05) is 38.1 Å². The van der Waals surface area contributed by atoms with Crippen LogP contribution in [-0.4, -0.2) is 43.6 Å². The van der Waals surface area contributed by atoms with Gasteiger partial charge in [0.15, 0.2) is 0 Å². The molecule has 1 rings (SSSR count). The van der Waals surface area contributed by atoms with Crippen LogP contribution in [0.4, 0.5) is 0 Å². The number of rotatable bonds is 6. The summed E-state index contributed by atoms with van der Waals surface area (Å²) in [6.07, 6.45) is 3.11. The zero-order valence-electron chi connectivity index (χ0n) is 12.8. The molecule has 0 saturated carbocycles. The number of nitrogens with zero attached hydrogens (tertiary/aromatic N) is 1. The third-order valence-corrected chi connectivity index (χ3v) is 2.98. The van der Waals surface area contributed by atoms with Crippen molar-refractivity contribution in [3.8, 4) is 5.75 Å². The van der Waals surface area contributed by atoms with Gasteiger partial charge in [0.05, 0.1) is 14.2 Å². The van der Waals surface area contributed by atoms with Gasteiger partial charge in [-0.3, -0.25) is 9.59 Å². The number of benzene rings is 1. The normalized spacial score (nSPS) is 10.7. The van der Waals surface area contributed by atoms with E-state index in [0.29, 0.717) is 5.75 Å². The molecule has 0 aromatic heterocycles. The van der Waals surface area contributed by atoms with E-state index in [0.717, 1.165) is 5.56 Å². The lowest BCUT2D eigenvalue weighted by Crippen LogP contribution is -2.40. The van der Waals surface area contributed by atoms with E-state index in [1.165, 1.54) is 18.1 Å². The Morgan fingerprint density at radius 3 is 2.48 bits per heavy atom. The summed E-state index contributed by atoms with van der Waals surface area (Å²) >= 11 is 0. The molecule has 114 valence electrons. The van der Waals surface area contributed by atoms with Crippen LogP contribution in [0.5, 0.6) is 5.75 Å². The van der Waals surface area contributed by atoms with Crippen LogP contribution in [0.1, 0.15) is 19.4 Å². The first-order chi connectivity index (χ1) is 9.99. The Labute approximate surface area is 125 Å². The van der Waals surface area contributed by atoms with Gasteiger partial charge in [0.25, 0.3) is 0 Å². The predicted molar refractivity (Wildman–Crippen MR) is 80.9 cm³/mol. The number of amides is 1. The molecule has 1 aromatic rings. The van der Waals surface area contributed by atoms with Crippen LogP contribution in [0.25, 0.3) is 6.08 Å². The first-order valence-electron chi connectivity index (χ1n) is 6.68. The molecule has 0 radical (unpaired) electrons. The Morgan fingerprint density at radius 1 is 1.24 bits per heavy atom. The predicted octanol–water partition coefficient (Wildman–Crippen LogP) is 2.12.